The number of ether oxygens (including phenoxy) is 1. The van der Waals surface area contributed by atoms with Crippen molar-refractivity contribution in [2.75, 3.05) is 19.8 Å². The molecule has 7 heteroatoms. The maximum absolute atomic E-state index is 9.16. The molecule has 0 saturated heterocycles. The minimum absolute atomic E-state index is 0. The smallest absolute Gasteiger partial charge is 0.491 e. The molecule has 2 atom stereocenters. The van der Waals surface area contributed by atoms with E-state index in [9.17, 15) is 0 Å². The highest BCUT2D eigenvalue weighted by Crippen LogP contribution is 2.30. The second kappa shape index (κ2) is 5.46. The van der Waals surface area contributed by atoms with E-state index in [2.05, 4.69) is 0 Å². The average molecular weight is 272 g/mol. The lowest BCUT2D eigenvalue weighted by Crippen LogP contribution is -2.36. The van der Waals surface area contributed by atoms with Crippen molar-refractivity contribution < 1.29 is 19.2 Å². The first-order valence-corrected chi connectivity index (χ1v) is 5.71. The highest BCUT2D eigenvalue weighted by Gasteiger charge is 2.42. The third-order valence-electron chi connectivity index (χ3n) is 3.13. The van der Waals surface area contributed by atoms with Crippen LogP contribution in [0.5, 0.6) is 5.75 Å². The summed E-state index contributed by atoms with van der Waals surface area (Å²) in [7, 11) is -0.477. The van der Waals surface area contributed by atoms with Crippen LogP contribution in [0.4, 0.5) is 0 Å². The van der Waals surface area contributed by atoms with E-state index in [1.165, 1.54) is 0 Å². The molecule has 0 fully saturated rings. The van der Waals surface area contributed by atoms with Crippen molar-refractivity contribution in [1.29, 1.82) is 0 Å². The van der Waals surface area contributed by atoms with Gasteiger partial charge in [-0.15, -0.1) is 12.4 Å². The van der Waals surface area contributed by atoms with Crippen LogP contribution in [0.2, 0.25) is 0 Å². The van der Waals surface area contributed by atoms with Gasteiger partial charge >= 0.3 is 7.12 Å². The van der Waals surface area contributed by atoms with Crippen LogP contribution in [0.15, 0.2) is 18.2 Å². The van der Waals surface area contributed by atoms with Crippen molar-refractivity contribution in [1.82, 2.24) is 0 Å². The quantitative estimate of drug-likeness (QED) is 0.716. The molecular formula is C11H15BClNO4. The van der Waals surface area contributed by atoms with Gasteiger partial charge in [-0.05, 0) is 11.6 Å². The predicted molar refractivity (Wildman–Crippen MR) is 69.4 cm³/mol. The lowest BCUT2D eigenvalue weighted by atomic mass is 9.77. The van der Waals surface area contributed by atoms with E-state index in [1.807, 2.05) is 18.2 Å². The van der Waals surface area contributed by atoms with Crippen LogP contribution in [0.3, 0.4) is 0 Å². The summed E-state index contributed by atoms with van der Waals surface area (Å²) in [6.45, 7) is 0.649. The van der Waals surface area contributed by atoms with E-state index in [0.29, 0.717) is 13.2 Å². The largest absolute Gasteiger partial charge is 0.498 e. The van der Waals surface area contributed by atoms with E-state index >= 15 is 0 Å². The number of hydrogen-bond donors (Lipinski definition) is 2. The molecule has 0 saturated carbocycles. The summed E-state index contributed by atoms with van der Waals surface area (Å²) in [5.41, 5.74) is 7.61. The molecule has 0 aliphatic carbocycles. The second-order valence-electron chi connectivity index (χ2n) is 4.20. The third-order valence-corrected chi connectivity index (χ3v) is 3.13. The lowest BCUT2D eigenvalue weighted by Gasteiger charge is -2.16. The number of benzene rings is 1. The van der Waals surface area contributed by atoms with Gasteiger partial charge < -0.3 is 24.9 Å². The number of hydrogen-bond acceptors (Lipinski definition) is 5. The third kappa shape index (κ3) is 2.11. The Morgan fingerprint density at radius 1 is 1.39 bits per heavy atom. The fraction of sp³-hybridized carbons (Fsp3) is 0.455. The van der Waals surface area contributed by atoms with Crippen molar-refractivity contribution >= 4 is 25.0 Å². The number of aliphatic hydroxyl groups is 1. The molecule has 5 nitrogen and oxygen atoms in total. The van der Waals surface area contributed by atoms with Crippen LogP contribution in [0.25, 0.3) is 0 Å². The normalized spacial score (nSPS) is 24.9. The lowest BCUT2D eigenvalue weighted by molar-refractivity contribution is 0.0498. The molecule has 0 bridgehead atoms. The Balaban J connectivity index is 0.00000120. The van der Waals surface area contributed by atoms with Crippen LogP contribution >= 0.6 is 12.4 Å². The average Bonchev–Trinajstić information content (AvgIpc) is 2.61. The van der Waals surface area contributed by atoms with Crippen LogP contribution < -0.4 is 15.9 Å². The molecular weight excluding hydrogens is 256 g/mol. The highest BCUT2D eigenvalue weighted by atomic mass is 35.5. The zero-order valence-corrected chi connectivity index (χ0v) is 10.6. The molecule has 0 amide bonds. The van der Waals surface area contributed by atoms with Gasteiger partial charge in [0.1, 0.15) is 18.5 Å². The van der Waals surface area contributed by atoms with Gasteiger partial charge in [-0.1, -0.05) is 12.1 Å². The van der Waals surface area contributed by atoms with E-state index in [-0.39, 0.29) is 31.2 Å². The van der Waals surface area contributed by atoms with Crippen molar-refractivity contribution in [3.63, 3.8) is 0 Å². The van der Waals surface area contributed by atoms with Gasteiger partial charge in [-0.3, -0.25) is 0 Å². The predicted octanol–water partition coefficient (Wildman–Crippen LogP) is -0.397. The molecule has 3 N–H and O–H groups in total. The summed E-state index contributed by atoms with van der Waals surface area (Å²) < 4.78 is 17.0. The Hall–Kier alpha value is -0.785. The SMILES string of the molecule is Cl.NCC1OB2O[C@@H](CO)COc3cccc1c32. The summed E-state index contributed by atoms with van der Waals surface area (Å²) >= 11 is 0. The van der Waals surface area contributed by atoms with Gasteiger partial charge in [-0.2, -0.15) is 0 Å². The van der Waals surface area contributed by atoms with E-state index in [0.717, 1.165) is 16.8 Å². The van der Waals surface area contributed by atoms with Gasteiger partial charge in [0.25, 0.3) is 0 Å². The fourth-order valence-corrected chi connectivity index (χ4v) is 2.29. The number of aliphatic hydroxyl groups excluding tert-OH is 1. The monoisotopic (exact) mass is 271 g/mol. The summed E-state index contributed by atoms with van der Waals surface area (Å²) in [5, 5.41) is 9.16. The molecule has 0 radical (unpaired) electrons. The first-order valence-electron chi connectivity index (χ1n) is 5.71. The van der Waals surface area contributed by atoms with Crippen LogP contribution in [0.1, 0.15) is 11.7 Å². The van der Waals surface area contributed by atoms with Crippen LogP contribution in [-0.4, -0.2) is 38.1 Å². The Labute approximate surface area is 112 Å². The van der Waals surface area contributed by atoms with Gasteiger partial charge in [0.05, 0.1) is 12.7 Å². The Bertz CT molecular complexity index is 434. The molecule has 1 unspecified atom stereocenters. The maximum Gasteiger partial charge on any atom is 0.498 e. The molecule has 18 heavy (non-hydrogen) atoms. The Kier molecular flexibility index (Phi) is 4.14. The molecule has 1 aromatic rings. The van der Waals surface area contributed by atoms with E-state index < -0.39 is 7.12 Å². The molecule has 0 spiro atoms. The maximum atomic E-state index is 9.16. The fourth-order valence-electron chi connectivity index (χ4n) is 2.29. The van der Waals surface area contributed by atoms with Gasteiger partial charge in [0.2, 0.25) is 0 Å². The van der Waals surface area contributed by atoms with Crippen molar-refractivity contribution in [3.8, 4) is 5.75 Å². The van der Waals surface area contributed by atoms with Gasteiger partial charge in [0, 0.05) is 12.0 Å². The van der Waals surface area contributed by atoms with Crippen molar-refractivity contribution in [2.24, 2.45) is 5.73 Å². The minimum atomic E-state index is -0.477. The zero-order chi connectivity index (χ0) is 11.8. The molecule has 2 aliphatic rings. The topological polar surface area (TPSA) is 73.9 Å². The minimum Gasteiger partial charge on any atom is -0.491 e. The highest BCUT2D eigenvalue weighted by molar-refractivity contribution is 6.64. The van der Waals surface area contributed by atoms with Crippen LogP contribution in [-0.2, 0) is 9.31 Å². The number of nitrogens with two attached hydrogens (primary N) is 1. The van der Waals surface area contributed by atoms with Gasteiger partial charge in [-0.25, -0.2) is 0 Å². The molecule has 2 aliphatic heterocycles. The first-order chi connectivity index (χ1) is 8.33. The summed E-state index contributed by atoms with van der Waals surface area (Å²) in [6, 6.07) is 5.78. The molecule has 1 aromatic carbocycles. The second-order valence-corrected chi connectivity index (χ2v) is 4.20. The van der Waals surface area contributed by atoms with Crippen molar-refractivity contribution in [3.05, 3.63) is 23.8 Å². The van der Waals surface area contributed by atoms with Crippen molar-refractivity contribution in [2.45, 2.75) is 12.2 Å². The van der Waals surface area contributed by atoms with E-state index in [4.69, 9.17) is 24.9 Å². The first kappa shape index (κ1) is 13.6. The zero-order valence-electron chi connectivity index (χ0n) is 9.74. The molecule has 3 rings (SSSR count). The van der Waals surface area contributed by atoms with Gasteiger partial charge in [0.15, 0.2) is 0 Å². The Morgan fingerprint density at radius 3 is 2.94 bits per heavy atom. The summed E-state index contributed by atoms with van der Waals surface area (Å²) in [5.74, 6) is 0.763. The Morgan fingerprint density at radius 2 is 2.22 bits per heavy atom. The number of halogens is 1. The summed E-state index contributed by atoms with van der Waals surface area (Å²) in [4.78, 5) is 0. The molecule has 0 aromatic heterocycles. The molecule has 2 heterocycles. The summed E-state index contributed by atoms with van der Waals surface area (Å²) in [6.07, 6.45) is -0.521. The standard InChI is InChI=1S/C11H14BNO4.ClH/c13-4-10-8-2-1-3-9-11(8)12(17-10)16-7(5-14)6-15-9;/h1-3,7,10,14H,4-6,13H2;1H/t7-,10?;/m0./s1. The molecule has 98 valence electrons. The van der Waals surface area contributed by atoms with Crippen LogP contribution in [0, 0.1) is 0 Å². The number of rotatable bonds is 2. The van der Waals surface area contributed by atoms with E-state index in [1.54, 1.807) is 0 Å².